The van der Waals surface area contributed by atoms with Crippen molar-refractivity contribution >= 4 is 23.4 Å². The molecule has 2 N–H and O–H groups in total. The number of ether oxygens (including phenoxy) is 1. The second-order valence-corrected chi connectivity index (χ2v) is 5.64. The standard InChI is InChI=1S/C17H13F4N5O2/c1-23-17(28-15(22)14(20)21)8-4-10-13(24-6-8)7-26(25-16(10)27)9-2-3-11(18)12(19)5-9/h2-6,14,22H,7H2,1H3,(H,25,27)/b22-15?,23-17-. The average molecular weight is 395 g/mol. The van der Waals surface area contributed by atoms with Crippen molar-refractivity contribution < 1.29 is 27.1 Å². The molecule has 1 aliphatic heterocycles. The number of halogens is 4. The van der Waals surface area contributed by atoms with E-state index in [1.807, 2.05) is 0 Å². The molecule has 2 aromatic rings. The Morgan fingerprint density at radius 3 is 2.71 bits per heavy atom. The Bertz CT molecular complexity index is 980. The topological polar surface area (TPSA) is 90.7 Å². The number of nitrogens with one attached hydrogen (secondary N) is 2. The lowest BCUT2D eigenvalue weighted by molar-refractivity contribution is 0.0937. The van der Waals surface area contributed by atoms with Gasteiger partial charge >= 0.3 is 6.43 Å². The van der Waals surface area contributed by atoms with Crippen molar-refractivity contribution in [3.8, 4) is 0 Å². The number of rotatable bonds is 3. The zero-order chi connectivity index (χ0) is 20.4. The van der Waals surface area contributed by atoms with Crippen molar-refractivity contribution in [2.24, 2.45) is 4.99 Å². The van der Waals surface area contributed by atoms with Crippen LogP contribution in [0.1, 0.15) is 21.6 Å². The Hall–Kier alpha value is -3.50. The zero-order valence-corrected chi connectivity index (χ0v) is 14.3. The van der Waals surface area contributed by atoms with E-state index in [0.29, 0.717) is 5.69 Å². The van der Waals surface area contributed by atoms with Crippen LogP contribution in [0.2, 0.25) is 0 Å². The molecule has 0 atom stereocenters. The maximum Gasteiger partial charge on any atom is 0.312 e. The summed E-state index contributed by atoms with van der Waals surface area (Å²) >= 11 is 0. The van der Waals surface area contributed by atoms with Gasteiger partial charge in [-0.1, -0.05) is 0 Å². The molecule has 0 spiro atoms. The van der Waals surface area contributed by atoms with E-state index in [9.17, 15) is 22.4 Å². The maximum atomic E-state index is 13.4. The molecule has 0 aliphatic carbocycles. The SMILES string of the molecule is C/N=C(\OC(=N)C(F)F)c1cnc2c(c1)C(=O)NN(c1ccc(F)c(F)c1)C2. The first-order chi connectivity index (χ1) is 13.3. The molecular formula is C17H13F4N5O2. The fourth-order valence-electron chi connectivity index (χ4n) is 2.50. The summed E-state index contributed by atoms with van der Waals surface area (Å²) in [6.45, 7) is 0.0543. The molecule has 1 aliphatic rings. The number of carbonyl (C=O) groups is 1. The number of fused-ring (bicyclic) bond motifs is 1. The molecule has 0 saturated carbocycles. The highest BCUT2D eigenvalue weighted by Gasteiger charge is 2.26. The predicted octanol–water partition coefficient (Wildman–Crippen LogP) is 2.66. The van der Waals surface area contributed by atoms with Crippen molar-refractivity contribution in [2.45, 2.75) is 13.0 Å². The molecule has 7 nitrogen and oxygen atoms in total. The van der Waals surface area contributed by atoms with E-state index >= 15 is 0 Å². The van der Waals surface area contributed by atoms with Crippen LogP contribution >= 0.6 is 0 Å². The summed E-state index contributed by atoms with van der Waals surface area (Å²) in [4.78, 5) is 20.2. The van der Waals surface area contributed by atoms with Crippen molar-refractivity contribution in [3.63, 3.8) is 0 Å². The number of benzene rings is 1. The summed E-state index contributed by atoms with van der Waals surface area (Å²) < 4.78 is 56.2. The second-order valence-electron chi connectivity index (χ2n) is 5.64. The van der Waals surface area contributed by atoms with E-state index in [0.717, 1.165) is 12.1 Å². The summed E-state index contributed by atoms with van der Waals surface area (Å²) in [6, 6.07) is 4.49. The minimum Gasteiger partial charge on any atom is -0.419 e. The van der Waals surface area contributed by atoms with Gasteiger partial charge in [0, 0.05) is 19.3 Å². The molecule has 28 heavy (non-hydrogen) atoms. The number of amides is 1. The van der Waals surface area contributed by atoms with Crippen LogP contribution in [0, 0.1) is 17.0 Å². The van der Waals surface area contributed by atoms with E-state index < -0.39 is 29.9 Å². The van der Waals surface area contributed by atoms with Gasteiger partial charge in [0.25, 0.3) is 11.8 Å². The van der Waals surface area contributed by atoms with Gasteiger partial charge in [0.15, 0.2) is 11.6 Å². The van der Waals surface area contributed by atoms with Crippen LogP contribution in [0.25, 0.3) is 0 Å². The van der Waals surface area contributed by atoms with Crippen LogP contribution in [-0.4, -0.2) is 36.2 Å². The maximum absolute atomic E-state index is 13.4. The molecule has 0 fully saturated rings. The number of hydrogen-bond acceptors (Lipinski definition) is 6. The number of aliphatic imine (C=N–C) groups is 1. The molecule has 0 unspecified atom stereocenters. The highest BCUT2D eigenvalue weighted by atomic mass is 19.3. The number of anilines is 1. The average Bonchev–Trinajstić information content (AvgIpc) is 2.67. The molecule has 2 heterocycles. The molecule has 0 bridgehead atoms. The van der Waals surface area contributed by atoms with Crippen molar-refractivity contribution in [1.82, 2.24) is 10.4 Å². The molecule has 1 aromatic heterocycles. The lowest BCUT2D eigenvalue weighted by atomic mass is 10.1. The van der Waals surface area contributed by atoms with E-state index in [4.69, 9.17) is 10.1 Å². The van der Waals surface area contributed by atoms with Crippen molar-refractivity contribution in [3.05, 3.63) is 58.9 Å². The molecular weight excluding hydrogens is 382 g/mol. The molecule has 0 radical (unpaired) electrons. The van der Waals surface area contributed by atoms with E-state index in [2.05, 4.69) is 15.4 Å². The van der Waals surface area contributed by atoms with E-state index in [-0.39, 0.29) is 29.3 Å². The minimum absolute atomic E-state index is 0.0543. The van der Waals surface area contributed by atoms with Crippen LogP contribution in [-0.2, 0) is 11.3 Å². The predicted molar refractivity (Wildman–Crippen MR) is 91.5 cm³/mol. The minimum atomic E-state index is -3.12. The third kappa shape index (κ3) is 3.77. The van der Waals surface area contributed by atoms with E-state index in [1.54, 1.807) is 0 Å². The Morgan fingerprint density at radius 1 is 1.32 bits per heavy atom. The zero-order valence-electron chi connectivity index (χ0n) is 14.3. The Balaban J connectivity index is 1.87. The van der Waals surface area contributed by atoms with Gasteiger partial charge in [-0.15, -0.1) is 0 Å². The number of aromatic nitrogens is 1. The summed E-state index contributed by atoms with van der Waals surface area (Å²) in [6.07, 6.45) is -1.86. The smallest absolute Gasteiger partial charge is 0.312 e. The van der Waals surface area contributed by atoms with Gasteiger partial charge in [-0.3, -0.25) is 30.6 Å². The summed E-state index contributed by atoms with van der Waals surface area (Å²) in [7, 11) is 1.28. The number of pyridine rings is 1. The van der Waals surface area contributed by atoms with Crippen molar-refractivity contribution in [1.29, 1.82) is 5.41 Å². The molecule has 11 heteroatoms. The quantitative estimate of drug-likeness (QED) is 0.475. The van der Waals surface area contributed by atoms with Gasteiger partial charge < -0.3 is 4.74 Å². The summed E-state index contributed by atoms with van der Waals surface area (Å²) in [5.41, 5.74) is 3.29. The Kier molecular flexibility index (Phi) is 5.25. The highest BCUT2D eigenvalue weighted by molar-refractivity contribution is 6.04. The molecule has 3 rings (SSSR count). The van der Waals surface area contributed by atoms with Gasteiger partial charge in [0.2, 0.25) is 5.90 Å². The number of hydrogen-bond donors (Lipinski definition) is 2. The monoisotopic (exact) mass is 395 g/mol. The number of carbonyl (C=O) groups excluding carboxylic acids is 1. The molecule has 0 saturated heterocycles. The molecule has 1 aromatic carbocycles. The Labute approximate surface area is 156 Å². The van der Waals surface area contributed by atoms with Crippen LogP contribution in [0.3, 0.4) is 0 Å². The first-order valence-electron chi connectivity index (χ1n) is 7.84. The van der Waals surface area contributed by atoms with Crippen LogP contribution < -0.4 is 10.4 Å². The van der Waals surface area contributed by atoms with Gasteiger partial charge in [0.1, 0.15) is 0 Å². The number of hydrazine groups is 1. The van der Waals surface area contributed by atoms with Gasteiger partial charge in [-0.05, 0) is 18.2 Å². The van der Waals surface area contributed by atoms with E-state index in [1.165, 1.54) is 30.4 Å². The Morgan fingerprint density at radius 2 is 2.07 bits per heavy atom. The normalized spacial score (nSPS) is 14.0. The van der Waals surface area contributed by atoms with Gasteiger partial charge in [-0.25, -0.2) is 8.78 Å². The number of nitrogens with zero attached hydrogens (tertiary/aromatic N) is 3. The van der Waals surface area contributed by atoms with Gasteiger partial charge in [0.05, 0.1) is 29.1 Å². The summed E-state index contributed by atoms with van der Waals surface area (Å²) in [5.74, 6) is -4.26. The number of alkyl halides is 2. The summed E-state index contributed by atoms with van der Waals surface area (Å²) in [5, 5.41) is 8.38. The first-order valence-corrected chi connectivity index (χ1v) is 7.84. The largest absolute Gasteiger partial charge is 0.419 e. The lowest BCUT2D eigenvalue weighted by Crippen LogP contribution is -2.46. The molecule has 1 amide bonds. The third-order valence-corrected chi connectivity index (χ3v) is 3.83. The highest BCUT2D eigenvalue weighted by Crippen LogP contribution is 2.23. The van der Waals surface area contributed by atoms with Crippen LogP contribution in [0.15, 0.2) is 35.5 Å². The lowest BCUT2D eigenvalue weighted by Gasteiger charge is -2.30. The van der Waals surface area contributed by atoms with Crippen LogP contribution in [0.4, 0.5) is 23.2 Å². The van der Waals surface area contributed by atoms with Crippen LogP contribution in [0.5, 0.6) is 0 Å². The first kappa shape index (κ1) is 19.3. The van der Waals surface area contributed by atoms with Crippen molar-refractivity contribution in [2.75, 3.05) is 12.1 Å². The third-order valence-electron chi connectivity index (χ3n) is 3.83. The van der Waals surface area contributed by atoms with Gasteiger partial charge in [-0.2, -0.15) is 8.78 Å². The second kappa shape index (κ2) is 7.62. The fraction of sp³-hybridized carbons (Fsp3) is 0.176. The fourth-order valence-corrected chi connectivity index (χ4v) is 2.50. The molecule has 146 valence electrons.